The maximum absolute atomic E-state index is 14.7. The standard InChI is InChI=1S/C79H112F5N9O14/c1-15-46(8)72(91(12)77(102)56(43(2)3)40-60(96)71(45(6)7)90(10)11)61(105-13)41-64(99)92-34-20-24-57(92)73(106-14)47(9)58(94)39-51(35-48-21-17-16-18-22-48)75(100)87-42-49-25-27-53(28-26-49)88-76(101)50(23-19-33-86-79(85)104)38-59(95)70(44(4)5)89-62(97)31-32-63(98)93-54-29-30-55(93)37-52(36-54)78(103)107-74-68(83)66(81)65(80)67(82)69(74)84/h16-18,21-22,25-28,43-47,50-52,54-57,61,70-73H,15,19-20,23-24,29-42H2,1-14H3,(H,87,100)(H,88,101)(H,89,97)(H3,85,86,104)/t46-,47-,50+,51+,52?,54?,55?,56-,57-,61+,70-,71-,72-,73+/m0/s1. The highest BCUT2D eigenvalue weighted by Gasteiger charge is 2.48. The zero-order chi connectivity index (χ0) is 79.4. The molecule has 2 unspecified atom stereocenters. The molecule has 23 nitrogen and oxygen atoms in total. The van der Waals surface area contributed by atoms with Gasteiger partial charge in [-0.1, -0.05) is 111 Å². The minimum atomic E-state index is -2.41. The van der Waals surface area contributed by atoms with Gasteiger partial charge in [-0.2, -0.15) is 8.78 Å². The monoisotopic (exact) mass is 1510 g/mol. The van der Waals surface area contributed by atoms with Gasteiger partial charge in [-0.25, -0.2) is 18.0 Å². The maximum atomic E-state index is 14.7. The molecule has 3 heterocycles. The van der Waals surface area contributed by atoms with Crippen LogP contribution in [0.25, 0.3) is 0 Å². The Labute approximate surface area is 625 Å². The van der Waals surface area contributed by atoms with E-state index in [1.54, 1.807) is 61.9 Å². The number of amides is 8. The number of urea groups is 1. The first-order valence-electron chi connectivity index (χ1n) is 37.5. The number of primary amides is 1. The summed E-state index contributed by atoms with van der Waals surface area (Å²) in [5.74, 6) is -22.5. The lowest BCUT2D eigenvalue weighted by molar-refractivity contribution is -0.149. The number of esters is 1. The molecule has 0 aliphatic carbocycles. The maximum Gasteiger partial charge on any atom is 0.314 e. The van der Waals surface area contributed by atoms with E-state index in [-0.39, 0.29) is 137 Å². The lowest BCUT2D eigenvalue weighted by atomic mass is 9.83. The van der Waals surface area contributed by atoms with Gasteiger partial charge in [-0.05, 0) is 119 Å². The van der Waals surface area contributed by atoms with Crippen LogP contribution in [0.5, 0.6) is 5.75 Å². The largest absolute Gasteiger partial charge is 0.420 e. The third-order valence-electron chi connectivity index (χ3n) is 21.7. The Morgan fingerprint density at radius 3 is 1.80 bits per heavy atom. The number of hydrogen-bond donors (Lipinski definition) is 5. The molecule has 6 N–H and O–H groups in total. The number of likely N-dealkylation sites (tertiary alicyclic amines) is 1. The molecule has 3 saturated heterocycles. The van der Waals surface area contributed by atoms with E-state index >= 15 is 0 Å². The molecule has 3 aromatic carbocycles. The van der Waals surface area contributed by atoms with Crippen molar-refractivity contribution in [1.82, 2.24) is 35.6 Å². The van der Waals surface area contributed by atoms with E-state index in [0.29, 0.717) is 49.9 Å². The van der Waals surface area contributed by atoms with Crippen molar-refractivity contribution in [3.05, 3.63) is 94.8 Å². The van der Waals surface area contributed by atoms with Crippen LogP contribution in [-0.2, 0) is 70.4 Å². The van der Waals surface area contributed by atoms with Gasteiger partial charge in [0, 0.05) is 114 Å². The van der Waals surface area contributed by atoms with Crippen LogP contribution in [0.15, 0.2) is 54.6 Å². The highest BCUT2D eigenvalue weighted by Crippen LogP contribution is 2.41. The molecule has 8 amide bonds. The Morgan fingerprint density at radius 1 is 0.645 bits per heavy atom. The number of hydrogen-bond acceptors (Lipinski definition) is 15. The summed E-state index contributed by atoms with van der Waals surface area (Å²) < 4.78 is 86.9. The molecule has 3 aliphatic rings. The number of piperidine rings is 1. The molecular weight excluding hydrogens is 1390 g/mol. The fraction of sp³-hybridized carbons (Fsp3) is 0.633. The van der Waals surface area contributed by atoms with Crippen molar-refractivity contribution >= 4 is 70.5 Å². The predicted molar refractivity (Wildman–Crippen MR) is 391 cm³/mol. The number of likely N-dealkylation sites (N-methyl/N-ethyl adjacent to an activating group) is 2. The first kappa shape index (κ1) is 87.7. The first-order chi connectivity index (χ1) is 50.5. The molecule has 3 aliphatic heterocycles. The van der Waals surface area contributed by atoms with Crippen LogP contribution in [-0.4, -0.2) is 181 Å². The molecule has 28 heteroatoms. The number of anilines is 1. The average molecular weight is 1510 g/mol. The van der Waals surface area contributed by atoms with E-state index in [1.807, 2.05) is 90.9 Å². The van der Waals surface area contributed by atoms with Crippen molar-refractivity contribution < 1.29 is 88.9 Å². The number of fused-ring (bicyclic) bond motifs is 2. The normalized spacial score (nSPS) is 19.2. The van der Waals surface area contributed by atoms with Crippen LogP contribution in [0.4, 0.5) is 32.4 Å². The van der Waals surface area contributed by atoms with Crippen LogP contribution < -0.4 is 31.7 Å². The Balaban J connectivity index is 1.05. The summed E-state index contributed by atoms with van der Waals surface area (Å²) in [6, 6.07) is 11.6. The number of ether oxygens (including phenoxy) is 3. The summed E-state index contributed by atoms with van der Waals surface area (Å²) in [6.45, 7) is 17.6. The zero-order valence-corrected chi connectivity index (χ0v) is 64.4. The topological polar surface area (TPSA) is 303 Å². The smallest absolute Gasteiger partial charge is 0.314 e. The minimum Gasteiger partial charge on any atom is -0.420 e. The van der Waals surface area contributed by atoms with Crippen molar-refractivity contribution in [3.8, 4) is 5.75 Å². The van der Waals surface area contributed by atoms with Crippen LogP contribution in [0.3, 0.4) is 0 Å². The lowest BCUT2D eigenvalue weighted by Gasteiger charge is -2.41. The first-order valence-corrected chi connectivity index (χ1v) is 37.5. The summed E-state index contributed by atoms with van der Waals surface area (Å²) >= 11 is 0. The number of carbonyl (C=O) groups excluding carboxylic acids is 11. The van der Waals surface area contributed by atoms with Gasteiger partial charge >= 0.3 is 12.0 Å². The number of ketones is 3. The van der Waals surface area contributed by atoms with Gasteiger partial charge in [0.2, 0.25) is 70.3 Å². The van der Waals surface area contributed by atoms with E-state index in [4.69, 9.17) is 19.9 Å². The van der Waals surface area contributed by atoms with E-state index in [1.165, 1.54) is 19.1 Å². The second kappa shape index (κ2) is 40.8. The molecule has 0 spiro atoms. The number of nitrogens with two attached hydrogens (primary N) is 1. The van der Waals surface area contributed by atoms with Crippen molar-refractivity contribution in [2.75, 3.05) is 53.8 Å². The van der Waals surface area contributed by atoms with Crippen molar-refractivity contribution in [2.24, 2.45) is 59.0 Å². The third-order valence-corrected chi connectivity index (χ3v) is 21.7. The number of halogens is 5. The van der Waals surface area contributed by atoms with Gasteiger partial charge in [0.15, 0.2) is 11.6 Å². The van der Waals surface area contributed by atoms with Crippen molar-refractivity contribution in [2.45, 2.75) is 220 Å². The van der Waals surface area contributed by atoms with E-state index in [2.05, 4.69) is 21.3 Å². The molecule has 0 saturated carbocycles. The summed E-state index contributed by atoms with van der Waals surface area (Å²) in [6.07, 6.45) is 0.743. The number of benzene rings is 3. The SMILES string of the molecule is CC[C@H](C)[C@@H]([C@@H](CC(=O)N1CCC[C@H]1[C@H](OC)[C@@H](C)C(=O)C[C@@H](Cc1ccccc1)C(=O)NCc1ccc(NC(=O)[C@H](CCCNC(N)=O)CC(=O)[C@@H](NC(=O)CCC(=O)N2C3CCC2CC(C(=O)Oc2c(F)c(F)c(F)c(F)c2F)C3)C(C)C)cc1)OC)N(C)C(=O)[C@@H](CC(=O)[C@H](C(C)C)N(C)C)C(C)C. The van der Waals surface area contributed by atoms with Gasteiger partial charge in [-0.15, -0.1) is 0 Å². The fourth-order valence-electron chi connectivity index (χ4n) is 15.8. The molecular formula is C79H112F5N9O14. The van der Waals surface area contributed by atoms with Gasteiger partial charge in [0.05, 0.1) is 48.7 Å². The van der Waals surface area contributed by atoms with E-state index in [9.17, 15) is 74.7 Å². The predicted octanol–water partition coefficient (Wildman–Crippen LogP) is 9.81. The fourth-order valence-corrected chi connectivity index (χ4v) is 15.8. The molecule has 6 rings (SSSR count). The van der Waals surface area contributed by atoms with Gasteiger partial charge in [0.1, 0.15) is 5.78 Å². The van der Waals surface area contributed by atoms with Crippen molar-refractivity contribution in [3.63, 3.8) is 0 Å². The number of carbonyl (C=O) groups is 11. The Hall–Kier alpha value is -8.24. The van der Waals surface area contributed by atoms with E-state index < -0.39 is 148 Å². The second-order valence-electron chi connectivity index (χ2n) is 30.5. The van der Waals surface area contributed by atoms with E-state index in [0.717, 1.165) is 5.56 Å². The Kier molecular flexibility index (Phi) is 33.4. The van der Waals surface area contributed by atoms with Gasteiger partial charge < -0.3 is 55.9 Å². The summed E-state index contributed by atoms with van der Waals surface area (Å²) in [7, 11) is 8.52. The number of nitrogens with zero attached hydrogens (tertiary/aromatic N) is 4. The van der Waals surface area contributed by atoms with Gasteiger partial charge in [0.25, 0.3) is 0 Å². The van der Waals surface area contributed by atoms with Gasteiger partial charge in [-0.3, -0.25) is 52.8 Å². The molecule has 3 fully saturated rings. The van der Waals surface area contributed by atoms with Crippen LogP contribution in [0.1, 0.15) is 170 Å². The number of Topliss-reactive ketones (excluding diaryl/α,β-unsaturated/α-hetero) is 3. The number of nitrogens with one attached hydrogen (secondary N) is 4. The number of methoxy groups -OCH3 is 2. The molecule has 13 atom stereocenters. The third kappa shape index (κ3) is 23.4. The minimum absolute atomic E-state index is 0.00360. The Bertz CT molecular complexity index is 3540. The second-order valence-corrected chi connectivity index (χ2v) is 30.5. The quantitative estimate of drug-likeness (QED) is 0.00881. The summed E-state index contributed by atoms with van der Waals surface area (Å²) in [5.41, 5.74) is 7.12. The molecule has 2 bridgehead atoms. The highest BCUT2D eigenvalue weighted by molar-refractivity contribution is 5.98. The lowest BCUT2D eigenvalue weighted by Crippen LogP contribution is -2.54. The van der Waals surface area contributed by atoms with Crippen LogP contribution >= 0.6 is 0 Å². The average Bonchev–Trinajstić information content (AvgIpc) is 1.74. The molecule has 3 aromatic rings. The number of rotatable bonds is 41. The molecule has 592 valence electrons. The van der Waals surface area contributed by atoms with Crippen LogP contribution in [0, 0.1) is 82.3 Å². The highest BCUT2D eigenvalue weighted by atomic mass is 19.2. The summed E-state index contributed by atoms with van der Waals surface area (Å²) in [4.78, 5) is 159. The molecule has 0 aromatic heterocycles. The van der Waals surface area contributed by atoms with Crippen molar-refractivity contribution in [1.29, 1.82) is 0 Å². The van der Waals surface area contributed by atoms with Crippen LogP contribution in [0.2, 0.25) is 0 Å². The molecule has 0 radical (unpaired) electrons. The molecule has 107 heavy (non-hydrogen) atoms. The zero-order valence-electron chi connectivity index (χ0n) is 64.4. The Morgan fingerprint density at radius 2 is 1.25 bits per heavy atom. The summed E-state index contributed by atoms with van der Waals surface area (Å²) in [5, 5.41) is 11.1.